The molecule has 16 heavy (non-hydrogen) atoms. The number of carbonyl (C=O) groups excluding carboxylic acids is 1. The van der Waals surface area contributed by atoms with E-state index in [-0.39, 0.29) is 5.97 Å². The van der Waals surface area contributed by atoms with Crippen molar-refractivity contribution in [3.63, 3.8) is 0 Å². The van der Waals surface area contributed by atoms with Crippen molar-refractivity contribution < 1.29 is 9.53 Å². The van der Waals surface area contributed by atoms with E-state index in [4.69, 9.17) is 10.5 Å². The van der Waals surface area contributed by atoms with E-state index < -0.39 is 6.04 Å². The van der Waals surface area contributed by atoms with Crippen molar-refractivity contribution in [2.24, 2.45) is 5.73 Å². The van der Waals surface area contributed by atoms with E-state index in [2.05, 4.69) is 6.07 Å². The first-order valence-electron chi connectivity index (χ1n) is 5.68. The summed E-state index contributed by atoms with van der Waals surface area (Å²) in [7, 11) is 1.37. The molecule has 3 heteroatoms. The molecule has 1 aliphatic rings. The molecule has 2 rings (SSSR count). The lowest BCUT2D eigenvalue weighted by Crippen LogP contribution is -2.25. The average molecular weight is 219 g/mol. The lowest BCUT2D eigenvalue weighted by atomic mass is 9.86. The van der Waals surface area contributed by atoms with Crippen molar-refractivity contribution in [2.75, 3.05) is 7.11 Å². The molecule has 0 radical (unpaired) electrons. The van der Waals surface area contributed by atoms with Crippen molar-refractivity contribution in [1.29, 1.82) is 0 Å². The molecule has 0 heterocycles. The van der Waals surface area contributed by atoms with Gasteiger partial charge in [-0.05, 0) is 42.4 Å². The molecule has 0 fully saturated rings. The molecule has 0 saturated heterocycles. The third-order valence-corrected chi connectivity index (χ3v) is 3.22. The summed E-state index contributed by atoms with van der Waals surface area (Å²) in [5, 5.41) is 0. The summed E-state index contributed by atoms with van der Waals surface area (Å²) in [6, 6.07) is 5.40. The zero-order valence-electron chi connectivity index (χ0n) is 9.53. The van der Waals surface area contributed by atoms with Crippen LogP contribution in [0.4, 0.5) is 0 Å². The number of fused-ring (bicyclic) bond motifs is 1. The fourth-order valence-electron chi connectivity index (χ4n) is 2.36. The van der Waals surface area contributed by atoms with Crippen LogP contribution >= 0.6 is 0 Å². The Hall–Kier alpha value is -1.35. The van der Waals surface area contributed by atoms with Crippen LogP contribution in [0.5, 0.6) is 0 Å². The molecule has 0 amide bonds. The second-order valence-corrected chi connectivity index (χ2v) is 4.19. The van der Waals surface area contributed by atoms with Crippen LogP contribution in [0.3, 0.4) is 0 Å². The van der Waals surface area contributed by atoms with E-state index in [0.29, 0.717) is 0 Å². The molecule has 0 aromatic heterocycles. The molecule has 2 N–H and O–H groups in total. The molecule has 86 valence electrons. The quantitative estimate of drug-likeness (QED) is 0.771. The van der Waals surface area contributed by atoms with Gasteiger partial charge in [-0.15, -0.1) is 0 Å². The summed E-state index contributed by atoms with van der Waals surface area (Å²) in [5.41, 5.74) is 9.43. The van der Waals surface area contributed by atoms with E-state index in [1.54, 1.807) is 0 Å². The van der Waals surface area contributed by atoms with Crippen LogP contribution in [-0.2, 0) is 22.4 Å². The molecule has 0 aliphatic heterocycles. The number of nitrogens with two attached hydrogens (primary N) is 1. The SMILES string of the molecule is COC(=O)C(N)c1cccc2c1CCCC2. The van der Waals surface area contributed by atoms with E-state index in [9.17, 15) is 4.79 Å². The highest BCUT2D eigenvalue weighted by Gasteiger charge is 2.22. The van der Waals surface area contributed by atoms with Crippen molar-refractivity contribution in [1.82, 2.24) is 0 Å². The molecule has 1 aromatic carbocycles. The summed E-state index contributed by atoms with van der Waals surface area (Å²) >= 11 is 0. The molecular weight excluding hydrogens is 202 g/mol. The lowest BCUT2D eigenvalue weighted by molar-refractivity contribution is -0.142. The minimum atomic E-state index is -0.641. The molecule has 1 aromatic rings. The third-order valence-electron chi connectivity index (χ3n) is 3.22. The van der Waals surface area contributed by atoms with Gasteiger partial charge in [0.25, 0.3) is 0 Å². The average Bonchev–Trinajstić information content (AvgIpc) is 2.36. The van der Waals surface area contributed by atoms with Gasteiger partial charge in [-0.1, -0.05) is 18.2 Å². The number of hydrogen-bond donors (Lipinski definition) is 1. The lowest BCUT2D eigenvalue weighted by Gasteiger charge is -2.21. The van der Waals surface area contributed by atoms with Gasteiger partial charge in [0, 0.05) is 0 Å². The maximum atomic E-state index is 11.5. The van der Waals surface area contributed by atoms with Crippen molar-refractivity contribution in [2.45, 2.75) is 31.7 Å². The molecule has 1 unspecified atom stereocenters. The Morgan fingerprint density at radius 1 is 1.38 bits per heavy atom. The first-order valence-corrected chi connectivity index (χ1v) is 5.68. The van der Waals surface area contributed by atoms with Gasteiger partial charge >= 0.3 is 5.97 Å². The number of rotatable bonds is 2. The number of ether oxygens (including phenoxy) is 1. The number of esters is 1. The fourth-order valence-corrected chi connectivity index (χ4v) is 2.36. The van der Waals surface area contributed by atoms with Crippen molar-refractivity contribution >= 4 is 5.97 Å². The highest BCUT2D eigenvalue weighted by molar-refractivity contribution is 5.78. The Bertz CT molecular complexity index is 401. The third kappa shape index (κ3) is 1.95. The largest absolute Gasteiger partial charge is 0.468 e. The van der Waals surface area contributed by atoms with Gasteiger partial charge in [-0.25, -0.2) is 0 Å². The number of benzene rings is 1. The van der Waals surface area contributed by atoms with Gasteiger partial charge in [0.15, 0.2) is 0 Å². The Labute approximate surface area is 95.6 Å². The van der Waals surface area contributed by atoms with E-state index in [1.807, 2.05) is 12.1 Å². The van der Waals surface area contributed by atoms with E-state index in [1.165, 1.54) is 31.1 Å². The smallest absolute Gasteiger partial charge is 0.327 e. The number of hydrogen-bond acceptors (Lipinski definition) is 3. The predicted octanol–water partition coefficient (Wildman–Crippen LogP) is 1.74. The van der Waals surface area contributed by atoms with Gasteiger partial charge in [-0.2, -0.15) is 0 Å². The number of methoxy groups -OCH3 is 1. The Balaban J connectivity index is 2.37. The van der Waals surface area contributed by atoms with E-state index >= 15 is 0 Å². The second-order valence-electron chi connectivity index (χ2n) is 4.19. The molecule has 1 atom stereocenters. The topological polar surface area (TPSA) is 52.3 Å². The first kappa shape index (κ1) is 11.1. The Morgan fingerprint density at radius 3 is 2.88 bits per heavy atom. The van der Waals surface area contributed by atoms with Gasteiger partial charge in [-0.3, -0.25) is 4.79 Å². The summed E-state index contributed by atoms with van der Waals surface area (Å²) in [6.07, 6.45) is 4.52. The molecule has 0 saturated carbocycles. The maximum Gasteiger partial charge on any atom is 0.327 e. The number of carbonyl (C=O) groups is 1. The maximum absolute atomic E-state index is 11.5. The van der Waals surface area contributed by atoms with Crippen LogP contribution in [-0.4, -0.2) is 13.1 Å². The molecule has 0 bridgehead atoms. The standard InChI is InChI=1S/C13H17NO2/c1-16-13(15)12(14)11-8-4-6-9-5-2-3-7-10(9)11/h4,6,8,12H,2-3,5,7,14H2,1H3. The van der Waals surface area contributed by atoms with Gasteiger partial charge in [0.1, 0.15) is 6.04 Å². The highest BCUT2D eigenvalue weighted by atomic mass is 16.5. The fraction of sp³-hybridized carbons (Fsp3) is 0.462. The normalized spacial score (nSPS) is 16.4. The monoisotopic (exact) mass is 219 g/mol. The van der Waals surface area contributed by atoms with Gasteiger partial charge in [0.2, 0.25) is 0 Å². The van der Waals surface area contributed by atoms with Crippen LogP contribution in [0.1, 0.15) is 35.6 Å². The van der Waals surface area contributed by atoms with Gasteiger partial charge < -0.3 is 10.5 Å². The van der Waals surface area contributed by atoms with Crippen LogP contribution in [0.25, 0.3) is 0 Å². The molecule has 0 spiro atoms. The predicted molar refractivity (Wildman–Crippen MR) is 62.0 cm³/mol. The minimum Gasteiger partial charge on any atom is -0.468 e. The number of aryl methyl sites for hydroxylation is 1. The van der Waals surface area contributed by atoms with Crippen LogP contribution in [0.2, 0.25) is 0 Å². The summed E-state index contributed by atoms with van der Waals surface area (Å²) < 4.78 is 4.69. The summed E-state index contributed by atoms with van der Waals surface area (Å²) in [4.78, 5) is 11.5. The van der Waals surface area contributed by atoms with Crippen LogP contribution in [0.15, 0.2) is 18.2 Å². The molecular formula is C13H17NO2. The minimum absolute atomic E-state index is 0.362. The van der Waals surface area contributed by atoms with Crippen LogP contribution in [0, 0.1) is 0 Å². The molecule has 1 aliphatic carbocycles. The zero-order chi connectivity index (χ0) is 11.5. The second kappa shape index (κ2) is 4.66. The first-order chi connectivity index (χ1) is 7.74. The highest BCUT2D eigenvalue weighted by Crippen LogP contribution is 2.27. The van der Waals surface area contributed by atoms with Crippen LogP contribution < -0.4 is 5.73 Å². The van der Waals surface area contributed by atoms with Gasteiger partial charge in [0.05, 0.1) is 7.11 Å². The van der Waals surface area contributed by atoms with E-state index in [0.717, 1.165) is 18.4 Å². The molecule has 3 nitrogen and oxygen atoms in total. The Morgan fingerprint density at radius 2 is 2.12 bits per heavy atom. The van der Waals surface area contributed by atoms with Crippen molar-refractivity contribution in [3.05, 3.63) is 34.9 Å². The zero-order valence-corrected chi connectivity index (χ0v) is 9.53. The summed E-state index contributed by atoms with van der Waals surface area (Å²) in [6.45, 7) is 0. The van der Waals surface area contributed by atoms with Crippen molar-refractivity contribution in [3.8, 4) is 0 Å². The Kier molecular flexibility index (Phi) is 3.25. The summed E-state index contributed by atoms with van der Waals surface area (Å²) in [5.74, 6) is -0.362.